The van der Waals surface area contributed by atoms with Crippen molar-refractivity contribution >= 4 is 22.2 Å². The lowest BCUT2D eigenvalue weighted by Crippen LogP contribution is -1.96. The first-order chi connectivity index (χ1) is 6.69. The molecule has 76 valence electrons. The van der Waals surface area contributed by atoms with E-state index >= 15 is 0 Å². The van der Waals surface area contributed by atoms with Crippen LogP contribution in [0.4, 0.5) is 0 Å². The molecule has 0 spiro atoms. The Morgan fingerprint density at radius 2 is 2.29 bits per heavy atom. The van der Waals surface area contributed by atoms with Gasteiger partial charge in [0, 0.05) is 5.56 Å². The van der Waals surface area contributed by atoms with E-state index in [1.807, 2.05) is 6.92 Å². The van der Waals surface area contributed by atoms with Gasteiger partial charge in [-0.15, -0.1) is 0 Å². The van der Waals surface area contributed by atoms with Crippen molar-refractivity contribution in [3.8, 4) is 11.5 Å². The second-order valence-corrected chi connectivity index (χ2v) is 3.67. The molecule has 0 saturated heterocycles. The molecule has 0 atom stereocenters. The molecule has 0 aliphatic rings. The van der Waals surface area contributed by atoms with Crippen LogP contribution in [-0.4, -0.2) is 18.0 Å². The largest absolute Gasteiger partial charge is 0.503 e. The average molecular weight is 259 g/mol. The van der Waals surface area contributed by atoms with E-state index in [1.165, 1.54) is 6.07 Å². The fraction of sp³-hybridized carbons (Fsp3) is 0.300. The van der Waals surface area contributed by atoms with Gasteiger partial charge in [0.1, 0.15) is 6.29 Å². The number of halogens is 1. The lowest BCUT2D eigenvalue weighted by molar-refractivity contribution is 0.112. The molecule has 1 aromatic carbocycles. The zero-order valence-electron chi connectivity index (χ0n) is 7.79. The van der Waals surface area contributed by atoms with E-state index in [4.69, 9.17) is 4.74 Å². The number of carbonyl (C=O) groups is 1. The number of ether oxygens (including phenoxy) is 1. The van der Waals surface area contributed by atoms with Gasteiger partial charge in [0.25, 0.3) is 0 Å². The minimum Gasteiger partial charge on any atom is -0.503 e. The van der Waals surface area contributed by atoms with E-state index in [0.29, 0.717) is 28.7 Å². The normalized spacial score (nSPS) is 9.86. The van der Waals surface area contributed by atoms with Crippen LogP contribution in [0, 0.1) is 0 Å². The molecule has 3 nitrogen and oxygen atoms in total. The maximum Gasteiger partial charge on any atom is 0.172 e. The minimum atomic E-state index is 0.0315. The predicted molar refractivity (Wildman–Crippen MR) is 57.0 cm³/mol. The van der Waals surface area contributed by atoms with E-state index in [0.717, 1.165) is 6.42 Å². The molecule has 0 saturated carbocycles. The zero-order chi connectivity index (χ0) is 10.6. The molecule has 0 radical (unpaired) electrons. The summed E-state index contributed by atoms with van der Waals surface area (Å²) in [5, 5.41) is 9.56. The zero-order valence-corrected chi connectivity index (χ0v) is 9.37. The molecule has 0 amide bonds. The highest BCUT2D eigenvalue weighted by atomic mass is 79.9. The molecule has 0 heterocycles. The third kappa shape index (κ3) is 2.48. The quantitative estimate of drug-likeness (QED) is 0.845. The third-order valence-electron chi connectivity index (χ3n) is 1.65. The van der Waals surface area contributed by atoms with Gasteiger partial charge >= 0.3 is 0 Å². The van der Waals surface area contributed by atoms with E-state index < -0.39 is 0 Å². The Morgan fingerprint density at radius 3 is 2.86 bits per heavy atom. The van der Waals surface area contributed by atoms with E-state index in [9.17, 15) is 9.90 Å². The summed E-state index contributed by atoms with van der Waals surface area (Å²) in [6, 6.07) is 3.06. The molecule has 0 aliphatic carbocycles. The number of phenols is 1. The molecule has 1 rings (SSSR count). The van der Waals surface area contributed by atoms with Crippen LogP contribution in [0.25, 0.3) is 0 Å². The SMILES string of the molecule is CCCOc1cc(C=O)cc(Br)c1O. The van der Waals surface area contributed by atoms with Crippen LogP contribution in [0.1, 0.15) is 23.7 Å². The molecule has 0 bridgehead atoms. The molecule has 0 fully saturated rings. The maximum absolute atomic E-state index is 10.5. The Bertz CT molecular complexity index is 336. The molecule has 0 aliphatic heterocycles. The van der Waals surface area contributed by atoms with E-state index in [-0.39, 0.29) is 5.75 Å². The third-order valence-corrected chi connectivity index (χ3v) is 2.25. The molecule has 0 unspecified atom stereocenters. The monoisotopic (exact) mass is 258 g/mol. The fourth-order valence-electron chi connectivity index (χ4n) is 0.984. The van der Waals surface area contributed by atoms with Gasteiger partial charge in [0.2, 0.25) is 0 Å². The summed E-state index contributed by atoms with van der Waals surface area (Å²) >= 11 is 3.14. The molecular weight excluding hydrogens is 248 g/mol. The molecule has 14 heavy (non-hydrogen) atoms. The Hall–Kier alpha value is -1.03. The summed E-state index contributed by atoms with van der Waals surface area (Å²) in [7, 11) is 0. The Kier molecular flexibility index (Phi) is 3.95. The van der Waals surface area contributed by atoms with E-state index in [1.54, 1.807) is 6.07 Å². The second kappa shape index (κ2) is 5.00. The Morgan fingerprint density at radius 1 is 1.57 bits per heavy atom. The van der Waals surface area contributed by atoms with Crippen molar-refractivity contribution in [2.45, 2.75) is 13.3 Å². The second-order valence-electron chi connectivity index (χ2n) is 2.82. The van der Waals surface area contributed by atoms with Gasteiger partial charge in [-0.2, -0.15) is 0 Å². The summed E-state index contributed by atoms with van der Waals surface area (Å²) in [6.45, 7) is 2.48. The van der Waals surface area contributed by atoms with Crippen molar-refractivity contribution in [3.63, 3.8) is 0 Å². The minimum absolute atomic E-state index is 0.0315. The molecular formula is C10H11BrO3. The summed E-state index contributed by atoms with van der Waals surface area (Å²) in [6.07, 6.45) is 1.56. The van der Waals surface area contributed by atoms with Gasteiger partial charge in [-0.05, 0) is 34.5 Å². The number of aromatic hydroxyl groups is 1. The van der Waals surface area contributed by atoms with Crippen LogP contribution in [0.3, 0.4) is 0 Å². The number of carbonyl (C=O) groups excluding carboxylic acids is 1. The smallest absolute Gasteiger partial charge is 0.172 e. The first kappa shape index (κ1) is 11.0. The van der Waals surface area contributed by atoms with Gasteiger partial charge in [-0.25, -0.2) is 0 Å². The average Bonchev–Trinajstić information content (AvgIpc) is 2.20. The fourth-order valence-corrected chi connectivity index (χ4v) is 1.44. The van der Waals surface area contributed by atoms with Gasteiger partial charge < -0.3 is 9.84 Å². The van der Waals surface area contributed by atoms with Crippen molar-refractivity contribution in [1.82, 2.24) is 0 Å². The van der Waals surface area contributed by atoms with Crippen LogP contribution in [0.15, 0.2) is 16.6 Å². The van der Waals surface area contributed by atoms with Gasteiger partial charge in [0.15, 0.2) is 11.5 Å². The highest BCUT2D eigenvalue weighted by Gasteiger charge is 2.08. The van der Waals surface area contributed by atoms with Gasteiger partial charge in [0.05, 0.1) is 11.1 Å². The first-order valence-corrected chi connectivity index (χ1v) is 5.08. The number of aldehydes is 1. The van der Waals surface area contributed by atoms with Crippen LogP contribution >= 0.6 is 15.9 Å². The topological polar surface area (TPSA) is 46.5 Å². The lowest BCUT2D eigenvalue weighted by Gasteiger charge is -2.08. The van der Waals surface area contributed by atoms with Crippen molar-refractivity contribution in [2.24, 2.45) is 0 Å². The van der Waals surface area contributed by atoms with Crippen LogP contribution < -0.4 is 4.74 Å². The maximum atomic E-state index is 10.5. The highest BCUT2D eigenvalue weighted by Crippen LogP contribution is 2.35. The number of rotatable bonds is 4. The molecule has 0 aromatic heterocycles. The van der Waals surface area contributed by atoms with E-state index in [2.05, 4.69) is 15.9 Å². The summed E-state index contributed by atoms with van der Waals surface area (Å²) in [4.78, 5) is 10.5. The number of benzene rings is 1. The number of hydrogen-bond donors (Lipinski definition) is 1. The number of hydrogen-bond acceptors (Lipinski definition) is 3. The van der Waals surface area contributed by atoms with Crippen molar-refractivity contribution in [2.75, 3.05) is 6.61 Å². The molecule has 4 heteroatoms. The Balaban J connectivity index is 3.00. The lowest BCUT2D eigenvalue weighted by atomic mass is 10.2. The first-order valence-electron chi connectivity index (χ1n) is 4.29. The van der Waals surface area contributed by atoms with Crippen LogP contribution in [-0.2, 0) is 0 Å². The molecule has 1 aromatic rings. The van der Waals surface area contributed by atoms with Crippen molar-refractivity contribution in [1.29, 1.82) is 0 Å². The van der Waals surface area contributed by atoms with Crippen LogP contribution in [0.2, 0.25) is 0 Å². The van der Waals surface area contributed by atoms with Gasteiger partial charge in [-0.1, -0.05) is 6.92 Å². The number of phenolic OH excluding ortho intramolecular Hbond substituents is 1. The summed E-state index contributed by atoms with van der Waals surface area (Å²) < 4.78 is 5.74. The highest BCUT2D eigenvalue weighted by molar-refractivity contribution is 9.10. The molecule has 1 N–H and O–H groups in total. The van der Waals surface area contributed by atoms with Crippen molar-refractivity contribution in [3.05, 3.63) is 22.2 Å². The van der Waals surface area contributed by atoms with Gasteiger partial charge in [-0.3, -0.25) is 4.79 Å². The van der Waals surface area contributed by atoms with Crippen molar-refractivity contribution < 1.29 is 14.6 Å². The summed E-state index contributed by atoms with van der Waals surface area (Å²) in [5.41, 5.74) is 0.473. The standard InChI is InChI=1S/C10H11BrO3/c1-2-3-14-9-5-7(6-12)4-8(11)10(9)13/h4-6,13H,2-3H2,1H3. The summed E-state index contributed by atoms with van der Waals surface area (Å²) in [5.74, 6) is 0.368. The van der Waals surface area contributed by atoms with Crippen LogP contribution in [0.5, 0.6) is 11.5 Å². The Labute approximate surface area is 90.8 Å². The predicted octanol–water partition coefficient (Wildman–Crippen LogP) is 2.76.